The van der Waals surface area contributed by atoms with Crippen LogP contribution in [0, 0.1) is 0 Å². The van der Waals surface area contributed by atoms with Gasteiger partial charge in [-0.25, -0.2) is 19.9 Å². The van der Waals surface area contributed by atoms with Crippen LogP contribution in [0.3, 0.4) is 0 Å². The first-order chi connectivity index (χ1) is 20.8. The van der Waals surface area contributed by atoms with Crippen LogP contribution in [0.15, 0.2) is 158 Å². The zero-order chi connectivity index (χ0) is 28.1. The molecule has 0 atom stereocenters. The molecule has 6 nitrogen and oxygen atoms in total. The standard InChI is InChI=1S/C36H26N6/c1-5-13-27(14-6-1)33-38-34(28-15-7-2-8-16-28)40-35(39-33)29-21-23-30(24-22-29)41-26-25-37-36(41)42(31-17-9-3-10-18-31)32-19-11-4-12-20-32/h1-26H. The van der Waals surface area contributed by atoms with Crippen LogP contribution in [0.1, 0.15) is 0 Å². The van der Waals surface area contributed by atoms with Crippen LogP contribution in [0.25, 0.3) is 39.9 Å². The smallest absolute Gasteiger partial charge is 0.219 e. The summed E-state index contributed by atoms with van der Waals surface area (Å²) in [5.74, 6) is 2.69. The van der Waals surface area contributed by atoms with Gasteiger partial charge in [0.2, 0.25) is 5.95 Å². The van der Waals surface area contributed by atoms with E-state index in [2.05, 4.69) is 45.9 Å². The highest BCUT2D eigenvalue weighted by Gasteiger charge is 2.18. The Morgan fingerprint density at radius 3 is 1.29 bits per heavy atom. The molecule has 7 rings (SSSR count). The molecule has 0 N–H and O–H groups in total. The van der Waals surface area contributed by atoms with Crippen LogP contribution in [0.2, 0.25) is 0 Å². The van der Waals surface area contributed by atoms with Crippen LogP contribution in [0.4, 0.5) is 17.3 Å². The van der Waals surface area contributed by atoms with Crippen LogP contribution >= 0.6 is 0 Å². The number of hydrogen-bond donors (Lipinski definition) is 0. The average molecular weight is 543 g/mol. The van der Waals surface area contributed by atoms with Gasteiger partial charge in [0, 0.05) is 46.1 Å². The molecule has 42 heavy (non-hydrogen) atoms. The first kappa shape index (κ1) is 25.1. The Hall–Kier alpha value is -5.88. The van der Waals surface area contributed by atoms with Crippen molar-refractivity contribution < 1.29 is 0 Å². The van der Waals surface area contributed by atoms with E-state index in [4.69, 9.17) is 19.9 Å². The summed E-state index contributed by atoms with van der Waals surface area (Å²) < 4.78 is 2.09. The van der Waals surface area contributed by atoms with Crippen LogP contribution in [0.5, 0.6) is 0 Å². The summed E-state index contributed by atoms with van der Waals surface area (Å²) in [6, 6.07) is 48.8. The summed E-state index contributed by atoms with van der Waals surface area (Å²) in [5.41, 5.74) is 5.82. The van der Waals surface area contributed by atoms with E-state index in [9.17, 15) is 0 Å². The molecule has 5 aromatic carbocycles. The number of hydrogen-bond acceptors (Lipinski definition) is 5. The first-order valence-corrected chi connectivity index (χ1v) is 13.7. The van der Waals surface area contributed by atoms with Gasteiger partial charge in [-0.1, -0.05) is 97.1 Å². The highest BCUT2D eigenvalue weighted by molar-refractivity contribution is 5.74. The van der Waals surface area contributed by atoms with Crippen LogP contribution < -0.4 is 4.90 Å². The van der Waals surface area contributed by atoms with E-state index in [1.807, 2.05) is 122 Å². The second kappa shape index (κ2) is 11.3. The van der Waals surface area contributed by atoms with Crippen molar-refractivity contribution in [3.05, 3.63) is 158 Å². The molecule has 2 heterocycles. The van der Waals surface area contributed by atoms with Crippen molar-refractivity contribution in [1.29, 1.82) is 0 Å². The molecule has 0 saturated carbocycles. The Morgan fingerprint density at radius 2 is 0.833 bits per heavy atom. The molecule has 0 saturated heterocycles. The predicted molar refractivity (Wildman–Crippen MR) is 168 cm³/mol. The van der Waals surface area contributed by atoms with Gasteiger partial charge < -0.3 is 0 Å². The number of para-hydroxylation sites is 2. The molecule has 0 aliphatic heterocycles. The highest BCUT2D eigenvalue weighted by atomic mass is 15.3. The van der Waals surface area contributed by atoms with E-state index in [0.717, 1.165) is 39.7 Å². The van der Waals surface area contributed by atoms with Crippen molar-refractivity contribution in [2.24, 2.45) is 0 Å². The van der Waals surface area contributed by atoms with E-state index in [1.54, 1.807) is 0 Å². The summed E-state index contributed by atoms with van der Waals surface area (Å²) >= 11 is 0. The Labute approximate surface area is 244 Å². The second-order valence-corrected chi connectivity index (χ2v) is 9.69. The third kappa shape index (κ3) is 5.05. The summed E-state index contributed by atoms with van der Waals surface area (Å²) in [6.07, 6.45) is 3.81. The van der Waals surface area contributed by atoms with Gasteiger partial charge in [-0.2, -0.15) is 0 Å². The fourth-order valence-electron chi connectivity index (χ4n) is 4.91. The second-order valence-electron chi connectivity index (χ2n) is 9.69. The molecule has 0 unspecified atom stereocenters. The molecular formula is C36H26N6. The number of benzene rings is 5. The normalized spacial score (nSPS) is 10.9. The zero-order valence-electron chi connectivity index (χ0n) is 22.7. The number of anilines is 3. The third-order valence-corrected chi connectivity index (χ3v) is 6.95. The Balaban J connectivity index is 1.29. The Morgan fingerprint density at radius 1 is 0.429 bits per heavy atom. The van der Waals surface area contributed by atoms with Gasteiger partial charge in [-0.05, 0) is 48.5 Å². The van der Waals surface area contributed by atoms with Crippen molar-refractivity contribution in [3.8, 4) is 39.9 Å². The van der Waals surface area contributed by atoms with E-state index in [0.29, 0.717) is 17.5 Å². The Kier molecular flexibility index (Phi) is 6.76. The van der Waals surface area contributed by atoms with Crippen LogP contribution in [-0.4, -0.2) is 24.5 Å². The molecule has 0 aliphatic rings. The fourth-order valence-corrected chi connectivity index (χ4v) is 4.91. The molecule has 0 fully saturated rings. The van der Waals surface area contributed by atoms with E-state index in [-0.39, 0.29) is 0 Å². The van der Waals surface area contributed by atoms with Crippen molar-refractivity contribution in [2.75, 3.05) is 4.90 Å². The van der Waals surface area contributed by atoms with E-state index < -0.39 is 0 Å². The molecule has 200 valence electrons. The molecule has 7 aromatic rings. The Bertz CT molecular complexity index is 1810. The quantitative estimate of drug-likeness (QED) is 0.202. The molecule has 2 aromatic heterocycles. The number of nitrogens with zero attached hydrogens (tertiary/aromatic N) is 6. The number of imidazole rings is 1. The number of rotatable bonds is 7. The lowest BCUT2D eigenvalue weighted by Crippen LogP contribution is -2.14. The zero-order valence-corrected chi connectivity index (χ0v) is 22.7. The predicted octanol–water partition coefficient (Wildman–Crippen LogP) is 8.53. The SMILES string of the molecule is c1ccc(-c2nc(-c3ccccc3)nc(-c3ccc(-n4ccnc4N(c4ccccc4)c4ccccc4)cc3)n2)cc1. The third-order valence-electron chi connectivity index (χ3n) is 6.95. The first-order valence-electron chi connectivity index (χ1n) is 13.7. The maximum absolute atomic E-state index is 4.87. The molecular weight excluding hydrogens is 516 g/mol. The minimum absolute atomic E-state index is 0.621. The molecule has 0 spiro atoms. The number of aromatic nitrogens is 5. The average Bonchev–Trinajstić information content (AvgIpc) is 3.56. The van der Waals surface area contributed by atoms with E-state index >= 15 is 0 Å². The molecule has 0 radical (unpaired) electrons. The van der Waals surface area contributed by atoms with Gasteiger partial charge in [-0.15, -0.1) is 0 Å². The summed E-state index contributed by atoms with van der Waals surface area (Å²) in [6.45, 7) is 0. The summed E-state index contributed by atoms with van der Waals surface area (Å²) in [7, 11) is 0. The topological polar surface area (TPSA) is 59.7 Å². The minimum Gasteiger partial charge on any atom is -0.286 e. The fraction of sp³-hybridized carbons (Fsp3) is 0. The van der Waals surface area contributed by atoms with Crippen LogP contribution in [-0.2, 0) is 0 Å². The van der Waals surface area contributed by atoms with Gasteiger partial charge >= 0.3 is 0 Å². The molecule has 0 aliphatic carbocycles. The lowest BCUT2D eigenvalue weighted by Gasteiger charge is -2.25. The lowest BCUT2D eigenvalue weighted by molar-refractivity contribution is 1.01. The lowest BCUT2D eigenvalue weighted by atomic mass is 10.1. The van der Waals surface area contributed by atoms with Crippen molar-refractivity contribution in [3.63, 3.8) is 0 Å². The molecule has 0 amide bonds. The summed E-state index contributed by atoms with van der Waals surface area (Å²) in [4.78, 5) is 21.5. The maximum Gasteiger partial charge on any atom is 0.219 e. The largest absolute Gasteiger partial charge is 0.286 e. The highest BCUT2D eigenvalue weighted by Crippen LogP contribution is 2.34. The molecule has 0 bridgehead atoms. The van der Waals surface area contributed by atoms with Gasteiger partial charge in [0.1, 0.15) is 0 Å². The summed E-state index contributed by atoms with van der Waals surface area (Å²) in [5, 5.41) is 0. The minimum atomic E-state index is 0.621. The van der Waals surface area contributed by atoms with E-state index in [1.165, 1.54) is 0 Å². The van der Waals surface area contributed by atoms with Crippen molar-refractivity contribution >= 4 is 17.3 Å². The van der Waals surface area contributed by atoms with Crippen molar-refractivity contribution in [2.45, 2.75) is 0 Å². The van der Waals surface area contributed by atoms with Gasteiger partial charge in [0.25, 0.3) is 0 Å². The monoisotopic (exact) mass is 542 g/mol. The van der Waals surface area contributed by atoms with Gasteiger partial charge in [0.15, 0.2) is 17.5 Å². The maximum atomic E-state index is 4.87. The van der Waals surface area contributed by atoms with Gasteiger partial charge in [-0.3, -0.25) is 9.47 Å². The van der Waals surface area contributed by atoms with Gasteiger partial charge in [0.05, 0.1) is 0 Å². The van der Waals surface area contributed by atoms with Crippen molar-refractivity contribution in [1.82, 2.24) is 24.5 Å². The molecule has 6 heteroatoms.